The summed E-state index contributed by atoms with van der Waals surface area (Å²) < 4.78 is 15.4. The minimum Gasteiger partial charge on any atom is -0.497 e. The molecule has 27 heavy (non-hydrogen) atoms. The number of nitrogens with one attached hydrogen (secondary N) is 1. The number of ether oxygens (including phenoxy) is 2. The highest BCUT2D eigenvalue weighted by Gasteiger charge is 2.22. The molecule has 1 amide bonds. The summed E-state index contributed by atoms with van der Waals surface area (Å²) in [7, 11) is 1.56. The fourth-order valence-corrected chi connectivity index (χ4v) is 2.52. The molecule has 1 aromatic carbocycles. The van der Waals surface area contributed by atoms with Crippen molar-refractivity contribution in [2.45, 2.75) is 26.9 Å². The van der Waals surface area contributed by atoms with E-state index in [9.17, 15) is 9.59 Å². The molecule has 140 valence electrons. The second-order valence-electron chi connectivity index (χ2n) is 6.04. The average Bonchev–Trinajstić information content (AvgIpc) is 3.05. The van der Waals surface area contributed by atoms with Gasteiger partial charge in [-0.15, -0.1) is 0 Å². The largest absolute Gasteiger partial charge is 0.497 e. The van der Waals surface area contributed by atoms with Crippen molar-refractivity contribution in [2.75, 3.05) is 12.4 Å². The number of aromatic nitrogens is 2. The summed E-state index contributed by atoms with van der Waals surface area (Å²) in [6.07, 6.45) is -1.02. The fourth-order valence-electron chi connectivity index (χ4n) is 2.52. The molecule has 0 aliphatic carbocycles. The second-order valence-corrected chi connectivity index (χ2v) is 6.04. The van der Waals surface area contributed by atoms with Crippen molar-refractivity contribution in [1.82, 2.24) is 10.1 Å². The van der Waals surface area contributed by atoms with Gasteiger partial charge in [-0.05, 0) is 45.0 Å². The maximum atomic E-state index is 12.5. The van der Waals surface area contributed by atoms with Crippen LogP contribution in [0.5, 0.6) is 5.75 Å². The first-order valence-corrected chi connectivity index (χ1v) is 8.28. The first-order valence-electron chi connectivity index (χ1n) is 8.28. The Bertz CT molecular complexity index is 1010. The molecule has 0 bridgehead atoms. The lowest BCUT2D eigenvalue weighted by Crippen LogP contribution is -2.30. The average molecular weight is 369 g/mol. The van der Waals surface area contributed by atoms with Crippen LogP contribution in [0, 0.1) is 13.8 Å². The van der Waals surface area contributed by atoms with E-state index in [1.165, 1.54) is 6.92 Å². The van der Waals surface area contributed by atoms with Crippen LogP contribution in [0.15, 0.2) is 34.9 Å². The van der Waals surface area contributed by atoms with E-state index < -0.39 is 18.0 Å². The number of carbonyl (C=O) groups excluding carboxylic acids is 2. The lowest BCUT2D eigenvalue weighted by Gasteiger charge is -2.13. The molecule has 8 heteroatoms. The van der Waals surface area contributed by atoms with E-state index in [0.29, 0.717) is 17.2 Å². The molecule has 3 aromatic rings. The van der Waals surface area contributed by atoms with Gasteiger partial charge in [-0.1, -0.05) is 5.16 Å². The van der Waals surface area contributed by atoms with Gasteiger partial charge in [-0.25, -0.2) is 4.79 Å². The Morgan fingerprint density at radius 3 is 2.63 bits per heavy atom. The van der Waals surface area contributed by atoms with Crippen molar-refractivity contribution >= 4 is 28.6 Å². The van der Waals surface area contributed by atoms with E-state index in [1.807, 2.05) is 6.07 Å². The number of rotatable bonds is 5. The first kappa shape index (κ1) is 18.4. The van der Waals surface area contributed by atoms with Gasteiger partial charge in [0.2, 0.25) is 0 Å². The van der Waals surface area contributed by atoms with Gasteiger partial charge in [0, 0.05) is 11.5 Å². The summed E-state index contributed by atoms with van der Waals surface area (Å²) in [5.74, 6) is 0.329. The molecule has 1 atom stereocenters. The number of hydrogen-bond acceptors (Lipinski definition) is 7. The monoisotopic (exact) mass is 369 g/mol. The molecule has 1 N–H and O–H groups in total. The number of benzene rings is 1. The molecule has 0 spiro atoms. The van der Waals surface area contributed by atoms with Gasteiger partial charge in [-0.3, -0.25) is 9.78 Å². The molecule has 0 fully saturated rings. The predicted octanol–water partition coefficient (Wildman–Crippen LogP) is 3.03. The van der Waals surface area contributed by atoms with E-state index in [0.717, 1.165) is 10.9 Å². The van der Waals surface area contributed by atoms with Crippen LogP contribution in [0.2, 0.25) is 0 Å². The Kier molecular flexibility index (Phi) is 5.07. The molecule has 2 heterocycles. The molecular weight excluding hydrogens is 350 g/mol. The zero-order valence-electron chi connectivity index (χ0n) is 15.4. The molecule has 3 rings (SSSR count). The number of amides is 1. The number of methoxy groups -OCH3 is 1. The normalized spacial score (nSPS) is 11.9. The van der Waals surface area contributed by atoms with Gasteiger partial charge in [0.15, 0.2) is 11.9 Å². The van der Waals surface area contributed by atoms with Crippen molar-refractivity contribution < 1.29 is 23.6 Å². The molecule has 0 radical (unpaired) electrons. The topological polar surface area (TPSA) is 104 Å². The lowest BCUT2D eigenvalue weighted by atomic mass is 10.1. The Labute approximate surface area is 155 Å². The molecule has 8 nitrogen and oxygen atoms in total. The minimum absolute atomic E-state index is 0.260. The van der Waals surface area contributed by atoms with Crippen molar-refractivity contribution in [3.05, 3.63) is 47.3 Å². The smallest absolute Gasteiger partial charge is 0.340 e. The van der Waals surface area contributed by atoms with Crippen molar-refractivity contribution in [2.24, 2.45) is 0 Å². The third-order valence-corrected chi connectivity index (χ3v) is 3.96. The SMILES string of the molecule is COc1ccc2nc(C)c(C(=O)O[C@H](C)C(=O)Nc3cc(C)on3)cc2c1. The number of carbonyl (C=O) groups is 2. The second kappa shape index (κ2) is 7.45. The van der Waals surface area contributed by atoms with Crippen LogP contribution in [-0.2, 0) is 9.53 Å². The van der Waals surface area contributed by atoms with Gasteiger partial charge in [0.1, 0.15) is 11.5 Å². The van der Waals surface area contributed by atoms with Gasteiger partial charge >= 0.3 is 5.97 Å². The van der Waals surface area contributed by atoms with Crippen molar-refractivity contribution in [3.8, 4) is 5.75 Å². The van der Waals surface area contributed by atoms with Crippen LogP contribution in [0.3, 0.4) is 0 Å². The number of esters is 1. The fraction of sp³-hybridized carbons (Fsp3) is 0.263. The van der Waals surface area contributed by atoms with E-state index in [2.05, 4.69) is 15.5 Å². The summed E-state index contributed by atoms with van der Waals surface area (Å²) >= 11 is 0. The van der Waals surface area contributed by atoms with Crippen molar-refractivity contribution in [1.29, 1.82) is 0 Å². The van der Waals surface area contributed by atoms with E-state index in [-0.39, 0.29) is 11.4 Å². The van der Waals surface area contributed by atoms with Crippen LogP contribution >= 0.6 is 0 Å². The lowest BCUT2D eigenvalue weighted by molar-refractivity contribution is -0.123. The number of aryl methyl sites for hydroxylation is 2. The minimum atomic E-state index is -1.02. The van der Waals surface area contributed by atoms with Gasteiger partial charge in [0.25, 0.3) is 5.91 Å². The maximum absolute atomic E-state index is 12.5. The summed E-state index contributed by atoms with van der Waals surface area (Å²) in [5.41, 5.74) is 1.53. The van der Waals surface area contributed by atoms with Crippen molar-refractivity contribution in [3.63, 3.8) is 0 Å². The van der Waals surface area contributed by atoms with E-state index in [1.54, 1.807) is 45.2 Å². The Hall–Kier alpha value is -3.42. The molecular formula is C19H19N3O5. The van der Waals surface area contributed by atoms with Crippen LogP contribution in [0.25, 0.3) is 10.9 Å². The first-order chi connectivity index (χ1) is 12.9. The number of pyridine rings is 1. The van der Waals surface area contributed by atoms with Gasteiger partial charge in [-0.2, -0.15) is 0 Å². The summed E-state index contributed by atoms with van der Waals surface area (Å²) in [4.78, 5) is 29.1. The highest BCUT2D eigenvalue weighted by Crippen LogP contribution is 2.22. The highest BCUT2D eigenvalue weighted by atomic mass is 16.5. The summed E-state index contributed by atoms with van der Waals surface area (Å²) in [6, 6.07) is 8.63. The number of nitrogens with zero attached hydrogens (tertiary/aromatic N) is 2. The van der Waals surface area contributed by atoms with Crippen LogP contribution in [0.1, 0.15) is 28.7 Å². The quantitative estimate of drug-likeness (QED) is 0.689. The number of anilines is 1. The Morgan fingerprint density at radius 1 is 1.19 bits per heavy atom. The third-order valence-electron chi connectivity index (χ3n) is 3.96. The van der Waals surface area contributed by atoms with Gasteiger partial charge in [0.05, 0.1) is 23.9 Å². The molecule has 0 aliphatic rings. The Balaban J connectivity index is 1.76. The van der Waals surface area contributed by atoms with E-state index in [4.69, 9.17) is 14.0 Å². The summed E-state index contributed by atoms with van der Waals surface area (Å²) in [6.45, 7) is 4.90. The van der Waals surface area contributed by atoms with E-state index >= 15 is 0 Å². The zero-order valence-corrected chi connectivity index (χ0v) is 15.4. The molecule has 0 saturated heterocycles. The number of hydrogen-bond donors (Lipinski definition) is 1. The van der Waals surface area contributed by atoms with Gasteiger partial charge < -0.3 is 19.3 Å². The molecule has 0 unspecified atom stereocenters. The molecule has 0 saturated carbocycles. The molecule has 0 aliphatic heterocycles. The third kappa shape index (κ3) is 4.05. The van der Waals surface area contributed by atoms with Crippen LogP contribution in [-0.4, -0.2) is 35.2 Å². The zero-order chi connectivity index (χ0) is 19.6. The highest BCUT2D eigenvalue weighted by molar-refractivity contribution is 5.99. The maximum Gasteiger partial charge on any atom is 0.340 e. The van der Waals surface area contributed by atoms with Crippen LogP contribution < -0.4 is 10.1 Å². The number of fused-ring (bicyclic) bond motifs is 1. The predicted molar refractivity (Wildman–Crippen MR) is 97.8 cm³/mol. The summed E-state index contributed by atoms with van der Waals surface area (Å²) in [5, 5.41) is 6.93. The molecule has 2 aromatic heterocycles. The standard InChI is InChI=1S/C19H19N3O5/c1-10-7-17(22-27-10)21-18(23)12(3)26-19(24)15-9-13-8-14(25-4)5-6-16(13)20-11(15)2/h5-9,12H,1-4H3,(H,21,22,23)/t12-/m1/s1. The van der Waals surface area contributed by atoms with Crippen LogP contribution in [0.4, 0.5) is 5.82 Å². The Morgan fingerprint density at radius 2 is 1.96 bits per heavy atom.